The minimum atomic E-state index is -3.67. The zero-order valence-electron chi connectivity index (χ0n) is 9.58. The van der Waals surface area contributed by atoms with Crippen molar-refractivity contribution in [3.05, 3.63) is 0 Å². The zero-order valence-corrected chi connectivity index (χ0v) is 10.4. The lowest BCUT2D eigenvalue weighted by Crippen LogP contribution is -2.47. The third-order valence-electron chi connectivity index (χ3n) is 3.68. The van der Waals surface area contributed by atoms with Crippen molar-refractivity contribution in [2.45, 2.75) is 49.5 Å². The van der Waals surface area contributed by atoms with E-state index in [1.165, 1.54) is 4.90 Å². The molecule has 0 spiro atoms. The molecule has 0 aromatic rings. The Morgan fingerprint density at radius 3 is 2.47 bits per heavy atom. The number of amides is 1. The first-order valence-electron chi connectivity index (χ1n) is 5.88. The molecule has 0 radical (unpaired) electrons. The summed E-state index contributed by atoms with van der Waals surface area (Å²) in [6.07, 6.45) is 2.75. The highest BCUT2D eigenvalue weighted by Crippen LogP contribution is 2.28. The molecule has 2 aliphatic rings. The molecule has 0 bridgehead atoms. The molecule has 1 aliphatic carbocycles. The van der Waals surface area contributed by atoms with Crippen LogP contribution in [-0.2, 0) is 14.8 Å². The highest BCUT2D eigenvalue weighted by Gasteiger charge is 2.42. The van der Waals surface area contributed by atoms with Crippen molar-refractivity contribution in [1.82, 2.24) is 4.90 Å². The second kappa shape index (κ2) is 4.55. The summed E-state index contributed by atoms with van der Waals surface area (Å²) in [6.45, 7) is 0.124. The minimum absolute atomic E-state index is 0.0535. The van der Waals surface area contributed by atoms with Gasteiger partial charge in [0.15, 0.2) is 0 Å². The summed E-state index contributed by atoms with van der Waals surface area (Å²) in [5, 5.41) is 14.1. The lowest BCUT2D eigenvalue weighted by molar-refractivity contribution is -0.133. The zero-order chi connectivity index (χ0) is 12.6. The molecule has 6 nitrogen and oxygen atoms in total. The molecule has 1 unspecified atom stereocenters. The Balaban J connectivity index is 2.10. The summed E-state index contributed by atoms with van der Waals surface area (Å²) in [5.74, 6) is -0.213. The fraction of sp³-hybridized carbons (Fsp3) is 0.900. The monoisotopic (exact) mass is 262 g/mol. The van der Waals surface area contributed by atoms with Gasteiger partial charge in [-0.25, -0.2) is 13.6 Å². The van der Waals surface area contributed by atoms with Crippen molar-refractivity contribution in [3.63, 3.8) is 0 Å². The molecule has 2 rings (SSSR count). The number of hydrogen-bond acceptors (Lipinski definition) is 4. The Morgan fingerprint density at radius 2 is 1.94 bits per heavy atom. The fourth-order valence-electron chi connectivity index (χ4n) is 2.69. The maximum absolute atomic E-state index is 11.8. The number of nitrogens with zero attached hydrogens (tertiary/aromatic N) is 1. The number of aliphatic hydroxyl groups excluding tert-OH is 1. The van der Waals surface area contributed by atoms with Gasteiger partial charge in [-0.3, -0.25) is 4.79 Å². The lowest BCUT2D eigenvalue weighted by atomic mass is 9.91. The van der Waals surface area contributed by atoms with Crippen LogP contribution in [0.4, 0.5) is 0 Å². The standard InChI is InChI=1S/C10H18N2O4S/c11-17(15,16)7-5-10(14)12(6-7)8-3-1-2-4-9(8)13/h7-9,13H,1-6H2,(H2,11,15,16)/t7?,8-,9-/m0/s1. The van der Waals surface area contributed by atoms with E-state index in [1.54, 1.807) is 0 Å². The van der Waals surface area contributed by atoms with E-state index in [1.807, 2.05) is 0 Å². The van der Waals surface area contributed by atoms with Crippen molar-refractivity contribution in [2.75, 3.05) is 6.54 Å². The first-order valence-corrected chi connectivity index (χ1v) is 7.49. The molecule has 0 aromatic carbocycles. The quantitative estimate of drug-likeness (QED) is 0.679. The Hall–Kier alpha value is -0.660. The molecule has 1 amide bonds. The van der Waals surface area contributed by atoms with Crippen LogP contribution in [-0.4, -0.2) is 48.3 Å². The molecular weight excluding hydrogens is 244 g/mol. The summed E-state index contributed by atoms with van der Waals surface area (Å²) < 4.78 is 22.5. The molecule has 1 aliphatic heterocycles. The minimum Gasteiger partial charge on any atom is -0.391 e. The van der Waals surface area contributed by atoms with Crippen LogP contribution in [0, 0.1) is 0 Å². The van der Waals surface area contributed by atoms with Gasteiger partial charge in [0.25, 0.3) is 0 Å². The number of sulfonamides is 1. The predicted molar refractivity (Wildman–Crippen MR) is 61.5 cm³/mol. The van der Waals surface area contributed by atoms with Gasteiger partial charge in [-0.15, -0.1) is 0 Å². The number of rotatable bonds is 2. The van der Waals surface area contributed by atoms with Crippen LogP contribution in [0.1, 0.15) is 32.1 Å². The van der Waals surface area contributed by atoms with Crippen molar-refractivity contribution < 1.29 is 18.3 Å². The molecule has 1 saturated heterocycles. The summed E-state index contributed by atoms with van der Waals surface area (Å²) >= 11 is 0. The third kappa shape index (κ3) is 2.61. The van der Waals surface area contributed by atoms with Gasteiger partial charge in [0, 0.05) is 13.0 Å². The van der Waals surface area contributed by atoms with E-state index in [2.05, 4.69) is 0 Å². The van der Waals surface area contributed by atoms with E-state index in [0.717, 1.165) is 19.3 Å². The highest BCUT2D eigenvalue weighted by molar-refractivity contribution is 7.89. The van der Waals surface area contributed by atoms with Gasteiger partial charge in [0.05, 0.1) is 12.1 Å². The Labute approximate surface area is 101 Å². The van der Waals surface area contributed by atoms with E-state index in [0.29, 0.717) is 6.42 Å². The van der Waals surface area contributed by atoms with Gasteiger partial charge in [0.1, 0.15) is 5.25 Å². The van der Waals surface area contributed by atoms with Crippen LogP contribution in [0.5, 0.6) is 0 Å². The predicted octanol–water partition coefficient (Wildman–Crippen LogP) is -0.821. The summed E-state index contributed by atoms with van der Waals surface area (Å²) in [5.41, 5.74) is 0. The maximum atomic E-state index is 11.8. The summed E-state index contributed by atoms with van der Waals surface area (Å²) in [4.78, 5) is 13.3. The Morgan fingerprint density at radius 1 is 1.29 bits per heavy atom. The molecule has 17 heavy (non-hydrogen) atoms. The molecule has 1 heterocycles. The van der Waals surface area contributed by atoms with E-state index in [9.17, 15) is 18.3 Å². The third-order valence-corrected chi connectivity index (χ3v) is 4.93. The number of aliphatic hydroxyl groups is 1. The summed E-state index contributed by atoms with van der Waals surface area (Å²) in [7, 11) is -3.67. The number of primary sulfonamides is 1. The second-order valence-electron chi connectivity index (χ2n) is 4.88. The van der Waals surface area contributed by atoms with E-state index >= 15 is 0 Å². The normalized spacial score (nSPS) is 35.3. The first kappa shape index (κ1) is 12.8. The van der Waals surface area contributed by atoms with Crippen molar-refractivity contribution >= 4 is 15.9 Å². The van der Waals surface area contributed by atoms with Gasteiger partial charge < -0.3 is 10.0 Å². The topological polar surface area (TPSA) is 101 Å². The van der Waals surface area contributed by atoms with Crippen LogP contribution in [0.2, 0.25) is 0 Å². The first-order chi connectivity index (χ1) is 7.89. The largest absolute Gasteiger partial charge is 0.391 e. The SMILES string of the molecule is NS(=O)(=O)C1CC(=O)N([C@H]2CCCC[C@@H]2O)C1. The molecule has 98 valence electrons. The highest BCUT2D eigenvalue weighted by atomic mass is 32.2. The van der Waals surface area contributed by atoms with Gasteiger partial charge >= 0.3 is 0 Å². The second-order valence-corrected chi connectivity index (χ2v) is 6.73. The number of carbonyl (C=O) groups is 1. The molecule has 3 N–H and O–H groups in total. The number of carbonyl (C=O) groups excluding carboxylic acids is 1. The average molecular weight is 262 g/mol. The fourth-order valence-corrected chi connectivity index (χ4v) is 3.44. The van der Waals surface area contributed by atoms with Gasteiger partial charge in [0.2, 0.25) is 15.9 Å². The number of hydrogen-bond donors (Lipinski definition) is 2. The molecule has 0 aromatic heterocycles. The van der Waals surface area contributed by atoms with E-state index in [-0.39, 0.29) is 24.9 Å². The average Bonchev–Trinajstić information content (AvgIpc) is 2.61. The Kier molecular flexibility index (Phi) is 3.42. The van der Waals surface area contributed by atoms with Gasteiger partial charge in [-0.2, -0.15) is 0 Å². The maximum Gasteiger partial charge on any atom is 0.224 e. The van der Waals surface area contributed by atoms with Crippen molar-refractivity contribution in [3.8, 4) is 0 Å². The van der Waals surface area contributed by atoms with Gasteiger partial charge in [-0.1, -0.05) is 12.8 Å². The van der Waals surface area contributed by atoms with Crippen molar-refractivity contribution in [1.29, 1.82) is 0 Å². The smallest absolute Gasteiger partial charge is 0.224 e. The number of nitrogens with two attached hydrogens (primary N) is 1. The molecule has 2 fully saturated rings. The van der Waals surface area contributed by atoms with E-state index < -0.39 is 21.4 Å². The Bertz CT molecular complexity index is 409. The van der Waals surface area contributed by atoms with E-state index in [4.69, 9.17) is 5.14 Å². The lowest BCUT2D eigenvalue weighted by Gasteiger charge is -2.35. The van der Waals surface area contributed by atoms with Crippen LogP contribution in [0.15, 0.2) is 0 Å². The molecule has 3 atom stereocenters. The van der Waals surface area contributed by atoms with Crippen LogP contribution < -0.4 is 5.14 Å². The molecule has 1 saturated carbocycles. The van der Waals surface area contributed by atoms with Gasteiger partial charge in [-0.05, 0) is 12.8 Å². The van der Waals surface area contributed by atoms with Crippen molar-refractivity contribution in [2.24, 2.45) is 5.14 Å². The molecule has 7 heteroatoms. The van der Waals surface area contributed by atoms with Crippen LogP contribution >= 0.6 is 0 Å². The molecular formula is C10H18N2O4S. The van der Waals surface area contributed by atoms with Crippen LogP contribution in [0.3, 0.4) is 0 Å². The summed E-state index contributed by atoms with van der Waals surface area (Å²) in [6, 6.07) is -0.233. The number of likely N-dealkylation sites (tertiary alicyclic amines) is 1. The van der Waals surface area contributed by atoms with Crippen LogP contribution in [0.25, 0.3) is 0 Å².